The first-order valence-corrected chi connectivity index (χ1v) is 8.72. The van der Waals surface area contributed by atoms with Gasteiger partial charge in [-0.1, -0.05) is 44.2 Å². The Morgan fingerprint density at radius 3 is 2.61 bits per heavy atom. The summed E-state index contributed by atoms with van der Waals surface area (Å²) in [7, 11) is 0. The molecule has 3 rings (SSSR count). The highest BCUT2D eigenvalue weighted by molar-refractivity contribution is 5.78. The van der Waals surface area contributed by atoms with Gasteiger partial charge < -0.3 is 11.1 Å². The summed E-state index contributed by atoms with van der Waals surface area (Å²) in [6.07, 6.45) is 3.31. The summed E-state index contributed by atoms with van der Waals surface area (Å²) < 4.78 is 0. The van der Waals surface area contributed by atoms with Crippen LogP contribution < -0.4 is 11.1 Å². The number of amides is 1. The molecule has 2 fully saturated rings. The Balaban J connectivity index is 1.49. The second kappa shape index (κ2) is 6.25. The Hall–Kier alpha value is -1.39. The van der Waals surface area contributed by atoms with Crippen molar-refractivity contribution in [1.29, 1.82) is 0 Å². The van der Waals surface area contributed by atoms with Crippen LogP contribution in [0.5, 0.6) is 0 Å². The molecule has 4 heteroatoms. The molecular formula is C19H29N3O. The molecule has 0 radical (unpaired) electrons. The van der Waals surface area contributed by atoms with Gasteiger partial charge in [0.15, 0.2) is 0 Å². The maximum atomic E-state index is 12.3. The van der Waals surface area contributed by atoms with Gasteiger partial charge in [-0.3, -0.25) is 9.69 Å². The van der Waals surface area contributed by atoms with E-state index in [4.69, 9.17) is 5.73 Å². The molecule has 0 spiro atoms. The van der Waals surface area contributed by atoms with Gasteiger partial charge in [0.05, 0.1) is 6.54 Å². The number of hydrogen-bond donors (Lipinski definition) is 2. The number of carbonyl (C=O) groups is 1. The van der Waals surface area contributed by atoms with Crippen LogP contribution in [0.1, 0.15) is 38.7 Å². The number of hydrogen-bond acceptors (Lipinski definition) is 3. The summed E-state index contributed by atoms with van der Waals surface area (Å²) in [4.78, 5) is 14.6. The molecule has 2 aliphatic rings. The third kappa shape index (κ3) is 3.75. The number of nitrogens with one attached hydrogen (secondary N) is 1. The van der Waals surface area contributed by atoms with Gasteiger partial charge in [-0.25, -0.2) is 0 Å². The largest absolute Gasteiger partial charge is 0.354 e. The second-order valence-corrected chi connectivity index (χ2v) is 8.02. The van der Waals surface area contributed by atoms with Crippen LogP contribution in [-0.4, -0.2) is 43.0 Å². The Kier molecular flexibility index (Phi) is 4.47. The van der Waals surface area contributed by atoms with Crippen molar-refractivity contribution in [2.75, 3.05) is 26.2 Å². The lowest BCUT2D eigenvalue weighted by atomic mass is 9.80. The van der Waals surface area contributed by atoms with Crippen LogP contribution >= 0.6 is 0 Å². The number of nitrogens with zero attached hydrogens (tertiary/aromatic N) is 1. The number of carbonyl (C=O) groups excluding carboxylic acids is 1. The standard InChI is InChI=1S/C19H29N3O/c1-18(2)14-22(11-8-16(18)20)12-17(23)21-13-19(9-10-19)15-6-4-3-5-7-15/h3-7,16H,8-14,20H2,1-2H3,(H,21,23). The van der Waals surface area contributed by atoms with E-state index in [9.17, 15) is 4.79 Å². The van der Waals surface area contributed by atoms with Crippen molar-refractivity contribution in [2.45, 2.75) is 44.6 Å². The molecule has 1 aromatic carbocycles. The van der Waals surface area contributed by atoms with E-state index in [1.54, 1.807) is 0 Å². The fraction of sp³-hybridized carbons (Fsp3) is 0.632. The third-order valence-corrected chi connectivity index (χ3v) is 5.62. The van der Waals surface area contributed by atoms with Crippen LogP contribution in [0.4, 0.5) is 0 Å². The van der Waals surface area contributed by atoms with Gasteiger partial charge >= 0.3 is 0 Å². The lowest BCUT2D eigenvalue weighted by Gasteiger charge is -2.42. The monoisotopic (exact) mass is 315 g/mol. The molecule has 23 heavy (non-hydrogen) atoms. The van der Waals surface area contributed by atoms with E-state index >= 15 is 0 Å². The van der Waals surface area contributed by atoms with Crippen molar-refractivity contribution < 1.29 is 4.79 Å². The van der Waals surface area contributed by atoms with Crippen molar-refractivity contribution >= 4 is 5.91 Å². The highest BCUT2D eigenvalue weighted by Crippen LogP contribution is 2.47. The molecular weight excluding hydrogens is 286 g/mol. The molecule has 1 saturated heterocycles. The van der Waals surface area contributed by atoms with Crippen molar-refractivity contribution in [3.05, 3.63) is 35.9 Å². The Bertz CT molecular complexity index is 551. The van der Waals surface area contributed by atoms with Crippen molar-refractivity contribution in [2.24, 2.45) is 11.1 Å². The molecule has 3 N–H and O–H groups in total. The van der Waals surface area contributed by atoms with Crippen LogP contribution in [-0.2, 0) is 10.2 Å². The molecule has 0 bridgehead atoms. The first kappa shape index (κ1) is 16.5. The van der Waals surface area contributed by atoms with Crippen LogP contribution in [0, 0.1) is 5.41 Å². The first-order chi connectivity index (χ1) is 10.9. The van der Waals surface area contributed by atoms with E-state index in [1.165, 1.54) is 18.4 Å². The van der Waals surface area contributed by atoms with Gasteiger partial charge in [0.25, 0.3) is 0 Å². The average Bonchev–Trinajstić information content (AvgIpc) is 3.31. The van der Waals surface area contributed by atoms with E-state index in [2.05, 4.69) is 48.3 Å². The minimum atomic E-state index is 0.0836. The number of piperidine rings is 1. The minimum Gasteiger partial charge on any atom is -0.354 e. The molecule has 0 aromatic heterocycles. The molecule has 1 aliphatic heterocycles. The molecule has 1 aromatic rings. The molecule has 1 amide bonds. The summed E-state index contributed by atoms with van der Waals surface area (Å²) in [5.41, 5.74) is 7.78. The molecule has 1 atom stereocenters. The predicted molar refractivity (Wildman–Crippen MR) is 93.2 cm³/mol. The van der Waals surface area contributed by atoms with E-state index in [0.717, 1.165) is 26.1 Å². The van der Waals surface area contributed by atoms with Gasteiger partial charge in [-0.15, -0.1) is 0 Å². The quantitative estimate of drug-likeness (QED) is 0.872. The van der Waals surface area contributed by atoms with Gasteiger partial charge in [0, 0.05) is 31.1 Å². The summed E-state index contributed by atoms with van der Waals surface area (Å²) in [6, 6.07) is 10.8. The number of likely N-dealkylation sites (tertiary alicyclic amines) is 1. The lowest BCUT2D eigenvalue weighted by Crippen LogP contribution is -2.54. The third-order valence-electron chi connectivity index (χ3n) is 5.62. The van der Waals surface area contributed by atoms with Gasteiger partial charge in [-0.2, -0.15) is 0 Å². The second-order valence-electron chi connectivity index (χ2n) is 8.02. The van der Waals surface area contributed by atoms with Crippen LogP contribution in [0.3, 0.4) is 0 Å². The van der Waals surface area contributed by atoms with Crippen LogP contribution in [0.25, 0.3) is 0 Å². The number of nitrogens with two attached hydrogens (primary N) is 1. The van der Waals surface area contributed by atoms with Crippen molar-refractivity contribution in [3.8, 4) is 0 Å². The summed E-state index contributed by atoms with van der Waals surface area (Å²) in [5, 5.41) is 3.16. The van der Waals surface area contributed by atoms with Crippen molar-refractivity contribution in [3.63, 3.8) is 0 Å². The van der Waals surface area contributed by atoms with E-state index in [-0.39, 0.29) is 22.8 Å². The van der Waals surface area contributed by atoms with Gasteiger partial charge in [0.1, 0.15) is 0 Å². The maximum Gasteiger partial charge on any atom is 0.234 e. The number of rotatable bonds is 5. The van der Waals surface area contributed by atoms with Gasteiger partial charge in [-0.05, 0) is 30.2 Å². The smallest absolute Gasteiger partial charge is 0.234 e. The normalized spacial score (nSPS) is 25.8. The van der Waals surface area contributed by atoms with E-state index in [0.29, 0.717) is 6.54 Å². The molecule has 1 unspecified atom stereocenters. The Morgan fingerprint density at radius 1 is 1.30 bits per heavy atom. The molecule has 1 heterocycles. The van der Waals surface area contributed by atoms with Crippen LogP contribution in [0.15, 0.2) is 30.3 Å². The summed E-state index contributed by atoms with van der Waals surface area (Å²) in [6.45, 7) is 7.44. The molecule has 126 valence electrons. The first-order valence-electron chi connectivity index (χ1n) is 8.72. The zero-order valence-electron chi connectivity index (χ0n) is 14.3. The topological polar surface area (TPSA) is 58.4 Å². The Labute approximate surface area is 139 Å². The molecule has 1 saturated carbocycles. The molecule has 1 aliphatic carbocycles. The van der Waals surface area contributed by atoms with E-state index in [1.807, 2.05) is 6.07 Å². The lowest BCUT2D eigenvalue weighted by molar-refractivity contribution is -0.123. The van der Waals surface area contributed by atoms with Crippen LogP contribution in [0.2, 0.25) is 0 Å². The predicted octanol–water partition coefficient (Wildman–Crippen LogP) is 1.89. The zero-order valence-corrected chi connectivity index (χ0v) is 14.3. The van der Waals surface area contributed by atoms with Crippen molar-refractivity contribution in [1.82, 2.24) is 10.2 Å². The SMILES string of the molecule is CC1(C)CN(CC(=O)NCC2(c3ccccc3)CC2)CCC1N. The number of benzene rings is 1. The fourth-order valence-electron chi connectivity index (χ4n) is 3.66. The highest BCUT2D eigenvalue weighted by Gasteiger charge is 2.44. The van der Waals surface area contributed by atoms with Gasteiger partial charge in [0.2, 0.25) is 5.91 Å². The van der Waals surface area contributed by atoms with E-state index < -0.39 is 0 Å². The summed E-state index contributed by atoms with van der Waals surface area (Å²) in [5.74, 6) is 0.137. The summed E-state index contributed by atoms with van der Waals surface area (Å²) >= 11 is 0. The minimum absolute atomic E-state index is 0.0836. The Morgan fingerprint density at radius 2 is 2.00 bits per heavy atom. The maximum absolute atomic E-state index is 12.3. The molecule has 4 nitrogen and oxygen atoms in total. The highest BCUT2D eigenvalue weighted by atomic mass is 16.2. The zero-order chi connectivity index (χ0) is 16.5. The average molecular weight is 315 g/mol. The fourth-order valence-corrected chi connectivity index (χ4v) is 3.66.